The molecule has 1 unspecified atom stereocenters. The molecule has 2 fully saturated rings. The summed E-state index contributed by atoms with van der Waals surface area (Å²) in [6.07, 6.45) is 18.3. The number of amides is 1. The van der Waals surface area contributed by atoms with Crippen LogP contribution in [0.2, 0.25) is 0 Å². The smallest absolute Gasteiger partial charge is 0.243 e. The lowest BCUT2D eigenvalue weighted by Gasteiger charge is -2.41. The minimum Gasteiger partial charge on any atom is -0.352 e. The van der Waals surface area contributed by atoms with Gasteiger partial charge in [0.1, 0.15) is 0 Å². The van der Waals surface area contributed by atoms with E-state index in [0.717, 1.165) is 38.3 Å². The van der Waals surface area contributed by atoms with Crippen molar-refractivity contribution in [2.24, 2.45) is 11.8 Å². The number of nitrogens with zero attached hydrogens (tertiary/aromatic N) is 1. The maximum absolute atomic E-state index is 12.3. The number of nitrogens with one attached hydrogen (secondary N) is 1. The highest BCUT2D eigenvalue weighted by molar-refractivity contribution is 5.87. The predicted molar refractivity (Wildman–Crippen MR) is 125 cm³/mol. The van der Waals surface area contributed by atoms with Crippen molar-refractivity contribution in [1.82, 2.24) is 5.32 Å². The second-order valence-electron chi connectivity index (χ2n) is 10.1. The molecule has 2 heterocycles. The first-order chi connectivity index (χ1) is 13.8. The van der Waals surface area contributed by atoms with E-state index < -0.39 is 0 Å². The molecule has 2 rings (SSSR count). The number of piperidine rings is 1. The van der Waals surface area contributed by atoms with Crippen LogP contribution in [0.25, 0.3) is 0 Å². The van der Waals surface area contributed by atoms with E-state index in [0.29, 0.717) is 11.8 Å². The van der Waals surface area contributed by atoms with Gasteiger partial charge in [-0.1, -0.05) is 36.3 Å². The molecule has 1 amide bonds. The van der Waals surface area contributed by atoms with Crippen LogP contribution in [0.15, 0.2) is 35.5 Å². The van der Waals surface area contributed by atoms with Gasteiger partial charge in [-0.2, -0.15) is 0 Å². The average Bonchev–Trinajstić information content (AvgIpc) is 3.01. The van der Waals surface area contributed by atoms with Gasteiger partial charge in [0.15, 0.2) is 0 Å². The van der Waals surface area contributed by atoms with Gasteiger partial charge in [-0.25, -0.2) is 0 Å². The molecule has 4 atom stereocenters. The Morgan fingerprint density at radius 2 is 1.90 bits per heavy atom. The molecule has 0 spiro atoms. The molecule has 0 radical (unpaired) electrons. The highest BCUT2D eigenvalue weighted by atomic mass is 16.1. The van der Waals surface area contributed by atoms with Crippen molar-refractivity contribution < 1.29 is 9.28 Å². The number of hydrogen-bond donors (Lipinski definition) is 1. The van der Waals surface area contributed by atoms with E-state index >= 15 is 0 Å². The fourth-order valence-electron chi connectivity index (χ4n) is 5.14. The van der Waals surface area contributed by atoms with Crippen LogP contribution in [0.4, 0.5) is 0 Å². The normalized spacial score (nSPS) is 28.2. The molecule has 2 saturated heterocycles. The SMILES string of the molecule is CC(C)=CCC/C(C)=C/CC[C@@H](C)/C=C/C(=O)NC[C@H]1CC[N+]2(C)CCCC[C@@H]12. The number of carbonyl (C=O) groups is 1. The molecule has 3 heteroatoms. The minimum atomic E-state index is 0.0854. The van der Waals surface area contributed by atoms with E-state index in [1.807, 2.05) is 0 Å². The van der Waals surface area contributed by atoms with Gasteiger partial charge >= 0.3 is 0 Å². The summed E-state index contributed by atoms with van der Waals surface area (Å²) in [7, 11) is 2.42. The first kappa shape index (κ1) is 23.9. The summed E-state index contributed by atoms with van der Waals surface area (Å²) in [5.41, 5.74) is 2.87. The summed E-state index contributed by atoms with van der Waals surface area (Å²) < 4.78 is 1.24. The predicted octanol–water partition coefficient (Wildman–Crippen LogP) is 5.79. The fraction of sp³-hybridized carbons (Fsp3) is 0.731. The summed E-state index contributed by atoms with van der Waals surface area (Å²) in [5, 5.41) is 3.18. The molecule has 0 aromatic heterocycles. The highest BCUT2D eigenvalue weighted by Crippen LogP contribution is 2.36. The lowest BCUT2D eigenvalue weighted by Crippen LogP contribution is -2.53. The van der Waals surface area contributed by atoms with Gasteiger partial charge in [0.25, 0.3) is 0 Å². The van der Waals surface area contributed by atoms with E-state index in [1.54, 1.807) is 6.08 Å². The summed E-state index contributed by atoms with van der Waals surface area (Å²) >= 11 is 0. The van der Waals surface area contributed by atoms with Gasteiger partial charge in [0, 0.05) is 25.3 Å². The van der Waals surface area contributed by atoms with Crippen molar-refractivity contribution in [1.29, 1.82) is 0 Å². The van der Waals surface area contributed by atoms with Crippen molar-refractivity contribution >= 4 is 5.91 Å². The number of quaternary nitrogens is 1. The minimum absolute atomic E-state index is 0.0854. The Morgan fingerprint density at radius 3 is 2.66 bits per heavy atom. The average molecular weight is 402 g/mol. The third-order valence-electron chi connectivity index (χ3n) is 7.10. The molecular formula is C26H45N2O+. The van der Waals surface area contributed by atoms with E-state index in [-0.39, 0.29) is 5.91 Å². The van der Waals surface area contributed by atoms with Crippen molar-refractivity contribution in [3.8, 4) is 0 Å². The van der Waals surface area contributed by atoms with E-state index in [4.69, 9.17) is 0 Å². The molecule has 0 bridgehead atoms. The summed E-state index contributed by atoms with van der Waals surface area (Å²) in [4.78, 5) is 12.3. The molecule has 1 N–H and O–H groups in total. The van der Waals surface area contributed by atoms with Gasteiger partial charge in [0.2, 0.25) is 5.91 Å². The van der Waals surface area contributed by atoms with Crippen LogP contribution in [0.1, 0.15) is 79.1 Å². The topological polar surface area (TPSA) is 29.1 Å². The van der Waals surface area contributed by atoms with Gasteiger partial charge in [-0.15, -0.1) is 0 Å². The number of allylic oxidation sites excluding steroid dienone is 5. The van der Waals surface area contributed by atoms with Crippen LogP contribution in [-0.4, -0.2) is 43.1 Å². The number of carbonyl (C=O) groups excluding carboxylic acids is 1. The largest absolute Gasteiger partial charge is 0.352 e. The monoisotopic (exact) mass is 401 g/mol. The highest BCUT2D eigenvalue weighted by Gasteiger charge is 2.46. The quantitative estimate of drug-likeness (QED) is 0.280. The maximum Gasteiger partial charge on any atom is 0.243 e. The Morgan fingerprint density at radius 1 is 1.10 bits per heavy atom. The summed E-state index contributed by atoms with van der Waals surface area (Å²) in [6.45, 7) is 12.2. The van der Waals surface area contributed by atoms with Crippen molar-refractivity contribution in [2.45, 2.75) is 85.1 Å². The van der Waals surface area contributed by atoms with E-state index in [2.05, 4.69) is 58.3 Å². The Hall–Kier alpha value is -1.35. The molecule has 0 aromatic rings. The van der Waals surface area contributed by atoms with Gasteiger partial charge in [-0.3, -0.25) is 4.79 Å². The van der Waals surface area contributed by atoms with Crippen molar-refractivity contribution in [3.63, 3.8) is 0 Å². The van der Waals surface area contributed by atoms with Crippen LogP contribution in [0.3, 0.4) is 0 Å². The second kappa shape index (κ2) is 11.7. The zero-order valence-corrected chi connectivity index (χ0v) is 19.7. The molecular weight excluding hydrogens is 356 g/mol. The Balaban J connectivity index is 1.65. The van der Waals surface area contributed by atoms with E-state index in [9.17, 15) is 4.79 Å². The van der Waals surface area contributed by atoms with Crippen LogP contribution in [-0.2, 0) is 4.79 Å². The summed E-state index contributed by atoms with van der Waals surface area (Å²) in [6, 6.07) is 0.763. The Kier molecular flexibility index (Phi) is 9.68. The zero-order valence-electron chi connectivity index (χ0n) is 19.7. The third-order valence-corrected chi connectivity index (χ3v) is 7.10. The van der Waals surface area contributed by atoms with Crippen molar-refractivity contribution in [3.05, 3.63) is 35.5 Å². The lowest BCUT2D eigenvalue weighted by molar-refractivity contribution is -0.927. The molecule has 2 aliphatic rings. The standard InChI is InChI=1S/C26H44N2O/c1-21(2)10-8-11-22(3)12-9-13-23(4)15-16-26(29)27-20-24-17-19-28(5)18-7-6-14-25(24)28/h10,12,15-16,23-25H,6-9,11,13-14,17-20H2,1-5H3/p+1/b16-15+,22-12+/t23-,24-,25+,28?/m1/s1. The number of rotatable bonds is 10. The lowest BCUT2D eigenvalue weighted by atomic mass is 9.92. The number of hydrogen-bond acceptors (Lipinski definition) is 1. The zero-order chi connectivity index (χ0) is 21.3. The molecule has 29 heavy (non-hydrogen) atoms. The van der Waals surface area contributed by atoms with Crippen LogP contribution in [0.5, 0.6) is 0 Å². The first-order valence-electron chi connectivity index (χ1n) is 11.9. The Labute approximate surface area is 179 Å². The second-order valence-corrected chi connectivity index (χ2v) is 10.1. The van der Waals surface area contributed by atoms with Gasteiger partial charge in [-0.05, 0) is 71.3 Å². The van der Waals surface area contributed by atoms with E-state index in [1.165, 1.54) is 54.4 Å². The molecule has 2 aliphatic heterocycles. The van der Waals surface area contributed by atoms with Crippen LogP contribution < -0.4 is 5.32 Å². The fourth-order valence-corrected chi connectivity index (χ4v) is 5.14. The molecule has 0 aromatic carbocycles. The maximum atomic E-state index is 12.3. The van der Waals surface area contributed by atoms with Crippen LogP contribution >= 0.6 is 0 Å². The summed E-state index contributed by atoms with van der Waals surface area (Å²) in [5.74, 6) is 1.18. The van der Waals surface area contributed by atoms with Gasteiger partial charge < -0.3 is 9.80 Å². The molecule has 0 aliphatic carbocycles. The molecule has 3 nitrogen and oxygen atoms in total. The van der Waals surface area contributed by atoms with Crippen LogP contribution in [0, 0.1) is 11.8 Å². The van der Waals surface area contributed by atoms with Crippen molar-refractivity contribution in [2.75, 3.05) is 26.7 Å². The third kappa shape index (κ3) is 8.12. The first-order valence-corrected chi connectivity index (χ1v) is 11.9. The molecule has 0 saturated carbocycles. The van der Waals surface area contributed by atoms with Gasteiger partial charge in [0.05, 0.1) is 26.2 Å². The molecule has 164 valence electrons. The number of fused-ring (bicyclic) bond motifs is 1. The Bertz CT molecular complexity index is 614.